The van der Waals surface area contributed by atoms with Crippen molar-refractivity contribution < 1.29 is 4.79 Å². The minimum absolute atomic E-state index is 0.0185. The highest BCUT2D eigenvalue weighted by Gasteiger charge is 2.26. The summed E-state index contributed by atoms with van der Waals surface area (Å²) in [6.45, 7) is 0.571. The van der Waals surface area contributed by atoms with Gasteiger partial charge >= 0.3 is 0 Å². The normalized spacial score (nSPS) is 23.7. The minimum atomic E-state index is -0.0188. The molecule has 1 saturated carbocycles. The van der Waals surface area contributed by atoms with Crippen molar-refractivity contribution in [3.8, 4) is 0 Å². The summed E-state index contributed by atoms with van der Waals surface area (Å²) >= 11 is 3.43. The number of nitrogens with one attached hydrogen (secondary N) is 1. The summed E-state index contributed by atoms with van der Waals surface area (Å²) in [6.07, 6.45) is 5.35. The number of hydrogen-bond acceptors (Lipinski definition) is 2. The van der Waals surface area contributed by atoms with Crippen molar-refractivity contribution in [3.63, 3.8) is 0 Å². The van der Waals surface area contributed by atoms with E-state index in [4.69, 9.17) is 5.73 Å². The minimum Gasteiger partial charge on any atom is -0.352 e. The maximum atomic E-state index is 12.2. The summed E-state index contributed by atoms with van der Waals surface area (Å²) in [5, 5.41) is 3.01. The number of amides is 1. The molecule has 104 valence electrons. The zero-order valence-electron chi connectivity index (χ0n) is 11.1. The van der Waals surface area contributed by atoms with Crippen molar-refractivity contribution in [2.75, 3.05) is 0 Å². The number of hydrogen-bond donors (Lipinski definition) is 2. The first kappa shape index (κ1) is 14.5. The van der Waals surface area contributed by atoms with Crippen LogP contribution in [-0.4, -0.2) is 11.9 Å². The molecule has 0 heterocycles. The molecule has 2 atom stereocenters. The molecule has 0 spiro atoms. The molecule has 3 N–H and O–H groups in total. The first-order valence-corrected chi connectivity index (χ1v) is 7.74. The Morgan fingerprint density at radius 3 is 2.89 bits per heavy atom. The van der Waals surface area contributed by atoms with Crippen molar-refractivity contribution in [3.05, 3.63) is 34.3 Å². The van der Waals surface area contributed by atoms with Gasteiger partial charge in [0.25, 0.3) is 0 Å². The van der Waals surface area contributed by atoms with Crippen molar-refractivity contribution in [1.82, 2.24) is 5.32 Å². The van der Waals surface area contributed by atoms with Crippen LogP contribution in [0.25, 0.3) is 0 Å². The molecule has 0 bridgehead atoms. The van der Waals surface area contributed by atoms with Crippen LogP contribution in [0.2, 0.25) is 0 Å². The second kappa shape index (κ2) is 7.06. The van der Waals surface area contributed by atoms with Gasteiger partial charge in [0.05, 0.1) is 5.92 Å². The molecule has 0 saturated heterocycles. The Morgan fingerprint density at radius 1 is 1.32 bits per heavy atom. The van der Waals surface area contributed by atoms with E-state index in [1.54, 1.807) is 0 Å². The van der Waals surface area contributed by atoms with E-state index in [-0.39, 0.29) is 17.9 Å². The van der Waals surface area contributed by atoms with Crippen LogP contribution in [0.3, 0.4) is 0 Å². The highest BCUT2D eigenvalue weighted by atomic mass is 79.9. The summed E-state index contributed by atoms with van der Waals surface area (Å²) < 4.78 is 1.03. The number of nitrogens with two attached hydrogens (primary N) is 1. The lowest BCUT2D eigenvalue weighted by Gasteiger charge is -2.20. The lowest BCUT2D eigenvalue weighted by Crippen LogP contribution is -2.41. The molecule has 3 nitrogen and oxygen atoms in total. The molecule has 4 heteroatoms. The Kier molecular flexibility index (Phi) is 5.40. The van der Waals surface area contributed by atoms with E-state index in [1.807, 2.05) is 24.3 Å². The molecule has 1 aliphatic rings. The van der Waals surface area contributed by atoms with E-state index in [2.05, 4.69) is 21.2 Å². The Bertz CT molecular complexity index is 436. The predicted octanol–water partition coefficient (Wildman–Crippen LogP) is 2.97. The molecule has 1 aromatic carbocycles. The van der Waals surface area contributed by atoms with Gasteiger partial charge in [-0.1, -0.05) is 47.3 Å². The molecule has 2 rings (SSSR count). The predicted molar refractivity (Wildman–Crippen MR) is 80.5 cm³/mol. The van der Waals surface area contributed by atoms with E-state index in [0.717, 1.165) is 35.7 Å². The van der Waals surface area contributed by atoms with E-state index in [9.17, 15) is 4.79 Å². The molecule has 0 aromatic heterocycles. The second-order valence-electron chi connectivity index (χ2n) is 5.26. The fourth-order valence-corrected chi connectivity index (χ4v) is 3.08. The maximum Gasteiger partial charge on any atom is 0.224 e. The Hall–Kier alpha value is -0.870. The van der Waals surface area contributed by atoms with Crippen molar-refractivity contribution in [1.29, 1.82) is 0 Å². The van der Waals surface area contributed by atoms with Gasteiger partial charge in [0, 0.05) is 17.1 Å². The van der Waals surface area contributed by atoms with Crippen LogP contribution in [0.4, 0.5) is 0 Å². The summed E-state index contributed by atoms with van der Waals surface area (Å²) in [7, 11) is 0. The van der Waals surface area contributed by atoms with Crippen LogP contribution in [0.1, 0.15) is 37.7 Å². The van der Waals surface area contributed by atoms with Gasteiger partial charge in [-0.15, -0.1) is 0 Å². The first-order valence-electron chi connectivity index (χ1n) is 6.94. The zero-order valence-corrected chi connectivity index (χ0v) is 12.7. The van der Waals surface area contributed by atoms with Gasteiger partial charge in [0.1, 0.15) is 0 Å². The SMILES string of the molecule is NC1CCCCCC1C(=O)NCc1cccc(Br)c1. The van der Waals surface area contributed by atoms with Crippen LogP contribution in [-0.2, 0) is 11.3 Å². The van der Waals surface area contributed by atoms with Crippen LogP contribution in [0.5, 0.6) is 0 Å². The Labute approximate surface area is 123 Å². The summed E-state index contributed by atoms with van der Waals surface area (Å²) in [5.41, 5.74) is 7.21. The van der Waals surface area contributed by atoms with Crippen LogP contribution < -0.4 is 11.1 Å². The lowest BCUT2D eigenvalue weighted by atomic mass is 9.94. The smallest absolute Gasteiger partial charge is 0.224 e. The third-order valence-electron chi connectivity index (χ3n) is 3.76. The molecule has 0 radical (unpaired) electrons. The first-order chi connectivity index (χ1) is 9.16. The fourth-order valence-electron chi connectivity index (χ4n) is 2.63. The topological polar surface area (TPSA) is 55.1 Å². The second-order valence-corrected chi connectivity index (χ2v) is 6.17. The van der Waals surface area contributed by atoms with Gasteiger partial charge < -0.3 is 11.1 Å². The third kappa shape index (κ3) is 4.32. The standard InChI is InChI=1S/C15H21BrN2O/c16-12-6-4-5-11(9-12)10-18-15(19)13-7-2-1-3-8-14(13)17/h4-6,9,13-14H,1-3,7-8,10,17H2,(H,18,19). The Balaban J connectivity index is 1.89. The number of rotatable bonds is 3. The molecular weight excluding hydrogens is 304 g/mol. The van der Waals surface area contributed by atoms with Crippen molar-refractivity contribution in [2.24, 2.45) is 11.7 Å². The van der Waals surface area contributed by atoms with Crippen LogP contribution in [0.15, 0.2) is 28.7 Å². The third-order valence-corrected chi connectivity index (χ3v) is 4.26. The van der Waals surface area contributed by atoms with Gasteiger partial charge in [-0.2, -0.15) is 0 Å². The Morgan fingerprint density at radius 2 is 2.11 bits per heavy atom. The molecule has 1 amide bonds. The fraction of sp³-hybridized carbons (Fsp3) is 0.533. The van der Waals surface area contributed by atoms with Gasteiger partial charge in [-0.05, 0) is 30.5 Å². The number of halogens is 1. The average molecular weight is 325 g/mol. The zero-order chi connectivity index (χ0) is 13.7. The van der Waals surface area contributed by atoms with E-state index >= 15 is 0 Å². The monoisotopic (exact) mass is 324 g/mol. The maximum absolute atomic E-state index is 12.2. The van der Waals surface area contributed by atoms with Crippen molar-refractivity contribution in [2.45, 2.75) is 44.7 Å². The van der Waals surface area contributed by atoms with E-state index in [0.29, 0.717) is 6.54 Å². The number of benzene rings is 1. The van der Waals surface area contributed by atoms with Gasteiger partial charge in [0.2, 0.25) is 5.91 Å². The van der Waals surface area contributed by atoms with Gasteiger partial charge in [0.15, 0.2) is 0 Å². The van der Waals surface area contributed by atoms with Gasteiger partial charge in [-0.3, -0.25) is 4.79 Å². The molecule has 2 unspecified atom stereocenters. The number of carbonyl (C=O) groups excluding carboxylic acids is 1. The molecule has 0 aliphatic heterocycles. The molecule has 1 fully saturated rings. The quantitative estimate of drug-likeness (QED) is 0.840. The summed E-state index contributed by atoms with van der Waals surface area (Å²) in [4.78, 5) is 12.2. The van der Waals surface area contributed by atoms with Crippen LogP contribution >= 0.6 is 15.9 Å². The van der Waals surface area contributed by atoms with Gasteiger partial charge in [-0.25, -0.2) is 0 Å². The highest BCUT2D eigenvalue weighted by molar-refractivity contribution is 9.10. The summed E-state index contributed by atoms with van der Waals surface area (Å²) in [5.74, 6) is 0.0871. The van der Waals surface area contributed by atoms with Crippen molar-refractivity contribution >= 4 is 21.8 Å². The summed E-state index contributed by atoms with van der Waals surface area (Å²) in [6, 6.07) is 8.01. The molecule has 1 aromatic rings. The number of carbonyl (C=O) groups is 1. The lowest BCUT2D eigenvalue weighted by molar-refractivity contribution is -0.126. The van der Waals surface area contributed by atoms with Crippen LogP contribution in [0, 0.1) is 5.92 Å². The molecule has 19 heavy (non-hydrogen) atoms. The molecule has 1 aliphatic carbocycles. The highest BCUT2D eigenvalue weighted by Crippen LogP contribution is 2.22. The average Bonchev–Trinajstić information content (AvgIpc) is 2.61. The van der Waals surface area contributed by atoms with E-state index < -0.39 is 0 Å². The largest absolute Gasteiger partial charge is 0.352 e. The van der Waals surface area contributed by atoms with E-state index in [1.165, 1.54) is 6.42 Å². The molecular formula is C15H21BrN2O.